The fraction of sp³-hybridized carbons (Fsp3) is 0.500. The molecule has 36 heavy (non-hydrogen) atoms. The molecule has 2 aliphatic heterocycles. The van der Waals surface area contributed by atoms with Gasteiger partial charge in [0, 0.05) is 57.4 Å². The molecular weight excluding hydrogens is 456 g/mol. The van der Waals surface area contributed by atoms with Crippen molar-refractivity contribution in [1.82, 2.24) is 30.5 Å². The number of rotatable bonds is 7. The number of aromatic nitrogens is 2. The zero-order valence-electron chi connectivity index (χ0n) is 21.0. The molecule has 10 heteroatoms. The number of aryl methyl sites for hydroxylation is 1. The maximum absolute atomic E-state index is 12.1. The predicted octanol–water partition coefficient (Wildman–Crippen LogP) is 2.06. The van der Waals surface area contributed by atoms with Crippen molar-refractivity contribution in [3.05, 3.63) is 53.4 Å². The van der Waals surface area contributed by atoms with E-state index in [-0.39, 0.29) is 6.03 Å². The summed E-state index contributed by atoms with van der Waals surface area (Å²) in [4.78, 5) is 28.3. The Morgan fingerprint density at radius 1 is 1.03 bits per heavy atom. The number of urea groups is 1. The number of anilines is 2. The van der Waals surface area contributed by atoms with Crippen molar-refractivity contribution in [2.45, 2.75) is 26.3 Å². The molecule has 0 saturated carbocycles. The van der Waals surface area contributed by atoms with E-state index in [1.807, 2.05) is 17.9 Å². The zero-order chi connectivity index (χ0) is 24.7. The summed E-state index contributed by atoms with van der Waals surface area (Å²) >= 11 is 0. The van der Waals surface area contributed by atoms with E-state index in [1.165, 1.54) is 11.1 Å². The van der Waals surface area contributed by atoms with Gasteiger partial charge in [-0.2, -0.15) is 0 Å². The number of hydrogen-bond acceptors (Lipinski definition) is 8. The Labute approximate surface area is 212 Å². The summed E-state index contributed by atoms with van der Waals surface area (Å²) < 4.78 is 5.54. The second-order valence-electron chi connectivity index (χ2n) is 9.29. The largest absolute Gasteiger partial charge is 0.378 e. The molecule has 3 aliphatic rings. The lowest BCUT2D eigenvalue weighted by molar-refractivity contribution is 0.122. The summed E-state index contributed by atoms with van der Waals surface area (Å²) in [5, 5.41) is 2.89. The minimum absolute atomic E-state index is 0.0128. The standard InChI is InChI=1S/C26H36N8O2/c1-2-27-26(35)34-12-10-32(11-13-34)19-24-28-23(18-25(29-24)33-14-16-36-17-15-33)31-30-22-9-5-7-20-6-3-4-8-21(20)22/h3-4,6,8-9,18,30H,2,5,7,10-17,19H2,1H3,(H,27,35)(H,28,29,31). The van der Waals surface area contributed by atoms with Crippen LogP contribution in [0.4, 0.5) is 16.4 Å². The van der Waals surface area contributed by atoms with Crippen molar-refractivity contribution in [2.75, 3.05) is 69.4 Å². The molecule has 2 aromatic rings. The topological polar surface area (TPSA) is 97.9 Å². The highest BCUT2D eigenvalue weighted by Gasteiger charge is 2.22. The number of nitrogens with one attached hydrogen (secondary N) is 3. The number of amides is 2. The number of carbonyl (C=O) groups excluding carboxylic acids is 1. The minimum atomic E-state index is 0.0128. The summed E-state index contributed by atoms with van der Waals surface area (Å²) in [5.74, 6) is 2.42. The van der Waals surface area contributed by atoms with Crippen molar-refractivity contribution in [3.8, 4) is 0 Å². The third-order valence-corrected chi connectivity index (χ3v) is 6.84. The fourth-order valence-corrected chi connectivity index (χ4v) is 4.88. The van der Waals surface area contributed by atoms with Crippen LogP contribution in [0.15, 0.2) is 36.4 Å². The molecule has 192 valence electrons. The highest BCUT2D eigenvalue weighted by Crippen LogP contribution is 2.25. The van der Waals surface area contributed by atoms with Gasteiger partial charge in [-0.1, -0.05) is 30.3 Å². The lowest BCUT2D eigenvalue weighted by Crippen LogP contribution is -2.51. The SMILES string of the molecule is CCNC(=O)N1CCN(Cc2nc(NNC3=CCCc4ccccc43)cc(N3CCOCC3)n2)CC1. The van der Waals surface area contributed by atoms with Crippen LogP contribution in [0.1, 0.15) is 30.3 Å². The molecule has 0 unspecified atom stereocenters. The number of carbonyl (C=O) groups is 1. The molecule has 1 aliphatic carbocycles. The molecule has 3 heterocycles. The molecular formula is C26H36N8O2. The van der Waals surface area contributed by atoms with Gasteiger partial charge in [-0.05, 0) is 25.3 Å². The van der Waals surface area contributed by atoms with E-state index in [0.717, 1.165) is 62.2 Å². The Bertz CT molecular complexity index is 1080. The molecule has 0 atom stereocenters. The summed E-state index contributed by atoms with van der Waals surface area (Å²) in [6.45, 7) is 9.26. The van der Waals surface area contributed by atoms with E-state index in [1.54, 1.807) is 0 Å². The van der Waals surface area contributed by atoms with E-state index in [9.17, 15) is 4.79 Å². The Kier molecular flexibility index (Phi) is 7.82. The van der Waals surface area contributed by atoms with Gasteiger partial charge in [0.05, 0.1) is 25.5 Å². The smallest absolute Gasteiger partial charge is 0.317 e. The van der Waals surface area contributed by atoms with Gasteiger partial charge in [-0.25, -0.2) is 14.8 Å². The number of ether oxygens (including phenoxy) is 1. The summed E-state index contributed by atoms with van der Waals surface area (Å²) in [7, 11) is 0. The number of benzene rings is 1. The lowest BCUT2D eigenvalue weighted by atomic mass is 9.95. The normalized spacial score (nSPS) is 18.3. The van der Waals surface area contributed by atoms with Gasteiger partial charge < -0.3 is 19.9 Å². The van der Waals surface area contributed by atoms with Crippen LogP contribution < -0.4 is 21.1 Å². The average molecular weight is 493 g/mol. The summed E-state index contributed by atoms with van der Waals surface area (Å²) in [5.41, 5.74) is 10.4. The zero-order valence-corrected chi connectivity index (χ0v) is 21.0. The van der Waals surface area contributed by atoms with E-state index in [4.69, 9.17) is 14.7 Å². The number of morpholine rings is 1. The third kappa shape index (κ3) is 5.88. The van der Waals surface area contributed by atoms with Crippen molar-refractivity contribution >= 4 is 23.4 Å². The monoisotopic (exact) mass is 492 g/mol. The molecule has 0 radical (unpaired) electrons. The van der Waals surface area contributed by atoms with Crippen molar-refractivity contribution in [2.24, 2.45) is 0 Å². The quantitative estimate of drug-likeness (QED) is 0.506. The highest BCUT2D eigenvalue weighted by atomic mass is 16.5. The van der Waals surface area contributed by atoms with E-state index in [2.05, 4.69) is 56.3 Å². The van der Waals surface area contributed by atoms with Crippen LogP contribution in [-0.4, -0.2) is 84.8 Å². The number of piperazine rings is 1. The van der Waals surface area contributed by atoms with Crippen LogP contribution >= 0.6 is 0 Å². The molecule has 0 bridgehead atoms. The van der Waals surface area contributed by atoms with Crippen LogP contribution in [0.5, 0.6) is 0 Å². The maximum Gasteiger partial charge on any atom is 0.317 e. The Morgan fingerprint density at radius 2 is 1.83 bits per heavy atom. The van der Waals surface area contributed by atoms with E-state index < -0.39 is 0 Å². The van der Waals surface area contributed by atoms with Crippen LogP contribution in [0.2, 0.25) is 0 Å². The second-order valence-corrected chi connectivity index (χ2v) is 9.29. The summed E-state index contributed by atoms with van der Waals surface area (Å²) in [6, 6.07) is 10.5. The van der Waals surface area contributed by atoms with Gasteiger partial charge in [-0.3, -0.25) is 15.8 Å². The van der Waals surface area contributed by atoms with Gasteiger partial charge in [0.2, 0.25) is 0 Å². The van der Waals surface area contributed by atoms with Gasteiger partial charge in [0.25, 0.3) is 0 Å². The van der Waals surface area contributed by atoms with Crippen molar-refractivity contribution in [3.63, 3.8) is 0 Å². The molecule has 1 aromatic heterocycles. The Hall–Kier alpha value is -3.37. The van der Waals surface area contributed by atoms with Gasteiger partial charge in [-0.15, -0.1) is 0 Å². The molecule has 1 aromatic carbocycles. The molecule has 10 nitrogen and oxygen atoms in total. The second kappa shape index (κ2) is 11.6. The first-order valence-corrected chi connectivity index (χ1v) is 13.0. The Balaban J connectivity index is 1.28. The summed E-state index contributed by atoms with van der Waals surface area (Å²) in [6.07, 6.45) is 4.30. The van der Waals surface area contributed by atoms with Gasteiger partial charge in [0.15, 0.2) is 0 Å². The van der Waals surface area contributed by atoms with Gasteiger partial charge in [0.1, 0.15) is 17.5 Å². The third-order valence-electron chi connectivity index (χ3n) is 6.84. The average Bonchev–Trinajstić information content (AvgIpc) is 2.93. The van der Waals surface area contributed by atoms with Crippen LogP contribution in [0, 0.1) is 0 Å². The first-order chi connectivity index (χ1) is 17.7. The molecule has 2 saturated heterocycles. The highest BCUT2D eigenvalue weighted by molar-refractivity contribution is 5.74. The van der Waals surface area contributed by atoms with Crippen LogP contribution in [-0.2, 0) is 17.7 Å². The van der Waals surface area contributed by atoms with Crippen molar-refractivity contribution < 1.29 is 9.53 Å². The molecule has 0 spiro atoms. The van der Waals surface area contributed by atoms with Crippen LogP contribution in [0.3, 0.4) is 0 Å². The van der Waals surface area contributed by atoms with Crippen molar-refractivity contribution in [1.29, 1.82) is 0 Å². The fourth-order valence-electron chi connectivity index (χ4n) is 4.88. The minimum Gasteiger partial charge on any atom is -0.378 e. The van der Waals surface area contributed by atoms with E-state index in [0.29, 0.717) is 39.4 Å². The Morgan fingerprint density at radius 3 is 2.64 bits per heavy atom. The lowest BCUT2D eigenvalue weighted by Gasteiger charge is -2.34. The number of fused-ring (bicyclic) bond motifs is 1. The predicted molar refractivity (Wildman–Crippen MR) is 140 cm³/mol. The molecule has 5 rings (SSSR count). The number of hydrazine groups is 1. The first kappa shape index (κ1) is 24.3. The molecule has 2 fully saturated rings. The number of nitrogens with zero attached hydrogens (tertiary/aromatic N) is 5. The molecule has 2 amide bonds. The van der Waals surface area contributed by atoms with Gasteiger partial charge >= 0.3 is 6.03 Å². The first-order valence-electron chi connectivity index (χ1n) is 13.0. The molecule has 3 N–H and O–H groups in total. The van der Waals surface area contributed by atoms with Crippen LogP contribution in [0.25, 0.3) is 5.70 Å². The number of hydrogen-bond donors (Lipinski definition) is 3. The van der Waals surface area contributed by atoms with E-state index >= 15 is 0 Å². The maximum atomic E-state index is 12.1. The number of allylic oxidation sites excluding steroid dienone is 1.